The van der Waals surface area contributed by atoms with Crippen molar-refractivity contribution in [3.05, 3.63) is 35.9 Å². The van der Waals surface area contributed by atoms with Crippen LogP contribution in [0.3, 0.4) is 0 Å². The topological polar surface area (TPSA) is 3.24 Å². The Morgan fingerprint density at radius 2 is 1.88 bits per heavy atom. The van der Waals surface area contributed by atoms with Crippen LogP contribution in [0.25, 0.3) is 0 Å². The van der Waals surface area contributed by atoms with Crippen molar-refractivity contribution in [1.82, 2.24) is 4.90 Å². The molecule has 1 heteroatoms. The van der Waals surface area contributed by atoms with Crippen LogP contribution >= 0.6 is 0 Å². The van der Waals surface area contributed by atoms with Crippen LogP contribution in [-0.2, 0) is 6.54 Å². The summed E-state index contributed by atoms with van der Waals surface area (Å²) < 4.78 is 0. The Morgan fingerprint density at radius 1 is 1.19 bits per heavy atom. The first-order valence-corrected chi connectivity index (χ1v) is 6.48. The zero-order valence-electron chi connectivity index (χ0n) is 10.7. The molecule has 1 aliphatic heterocycles. The predicted octanol–water partition coefficient (Wildman–Crippen LogP) is 3.70. The highest BCUT2D eigenvalue weighted by atomic mass is 15.2. The second-order valence-corrected chi connectivity index (χ2v) is 5.40. The van der Waals surface area contributed by atoms with Gasteiger partial charge < -0.3 is 0 Å². The molecule has 0 unspecified atom stereocenters. The summed E-state index contributed by atoms with van der Waals surface area (Å²) in [7, 11) is 0. The lowest BCUT2D eigenvalue weighted by molar-refractivity contribution is 0.158. The van der Waals surface area contributed by atoms with Crippen LogP contribution in [0.2, 0.25) is 0 Å². The standard InChI is InChI=1S/C15H23N/c1-12(2)15-10-9-13(3)16(15)11-14-7-5-4-6-8-14/h4-8,12-13,15H,9-11H2,1-3H3/t13-,15-/m0/s1. The summed E-state index contributed by atoms with van der Waals surface area (Å²) in [6.45, 7) is 8.18. The Hall–Kier alpha value is -0.820. The van der Waals surface area contributed by atoms with Gasteiger partial charge in [0.1, 0.15) is 0 Å². The van der Waals surface area contributed by atoms with Crippen LogP contribution in [0.5, 0.6) is 0 Å². The van der Waals surface area contributed by atoms with E-state index in [-0.39, 0.29) is 0 Å². The van der Waals surface area contributed by atoms with E-state index in [1.165, 1.54) is 18.4 Å². The van der Waals surface area contributed by atoms with Gasteiger partial charge in [0.15, 0.2) is 0 Å². The second-order valence-electron chi connectivity index (χ2n) is 5.40. The number of rotatable bonds is 3. The van der Waals surface area contributed by atoms with Gasteiger partial charge in [-0.25, -0.2) is 0 Å². The van der Waals surface area contributed by atoms with Crippen molar-refractivity contribution in [3.8, 4) is 0 Å². The Balaban J connectivity index is 2.07. The van der Waals surface area contributed by atoms with Gasteiger partial charge in [0.2, 0.25) is 0 Å². The minimum Gasteiger partial charge on any atom is -0.293 e. The number of hydrogen-bond acceptors (Lipinski definition) is 1. The number of nitrogens with zero attached hydrogens (tertiary/aromatic N) is 1. The van der Waals surface area contributed by atoms with Crippen molar-refractivity contribution in [2.24, 2.45) is 5.92 Å². The van der Waals surface area contributed by atoms with E-state index in [0.29, 0.717) is 0 Å². The van der Waals surface area contributed by atoms with E-state index >= 15 is 0 Å². The van der Waals surface area contributed by atoms with Gasteiger partial charge in [-0.2, -0.15) is 0 Å². The van der Waals surface area contributed by atoms with Crippen LogP contribution in [0.4, 0.5) is 0 Å². The second kappa shape index (κ2) is 5.01. The molecule has 1 aromatic carbocycles. The first-order chi connectivity index (χ1) is 7.68. The highest BCUT2D eigenvalue weighted by Gasteiger charge is 2.31. The molecule has 0 N–H and O–H groups in total. The minimum atomic E-state index is 0.743. The Morgan fingerprint density at radius 3 is 2.50 bits per heavy atom. The van der Waals surface area contributed by atoms with Crippen molar-refractivity contribution in [3.63, 3.8) is 0 Å². The fraction of sp³-hybridized carbons (Fsp3) is 0.600. The van der Waals surface area contributed by atoms with E-state index in [1.807, 2.05) is 0 Å². The highest BCUT2D eigenvalue weighted by molar-refractivity contribution is 5.15. The van der Waals surface area contributed by atoms with Gasteiger partial charge in [0.05, 0.1) is 0 Å². The molecule has 1 fully saturated rings. The van der Waals surface area contributed by atoms with Gasteiger partial charge in [0.25, 0.3) is 0 Å². The third kappa shape index (κ3) is 2.46. The SMILES string of the molecule is CC(C)[C@@H]1CC[C@H](C)N1Cc1ccccc1. The van der Waals surface area contributed by atoms with E-state index in [9.17, 15) is 0 Å². The van der Waals surface area contributed by atoms with Gasteiger partial charge in [-0.3, -0.25) is 4.90 Å². The summed E-state index contributed by atoms with van der Waals surface area (Å²) in [5.41, 5.74) is 1.45. The molecule has 1 aromatic rings. The Labute approximate surface area is 99.5 Å². The Kier molecular flexibility index (Phi) is 3.65. The third-order valence-corrected chi connectivity index (χ3v) is 3.85. The van der Waals surface area contributed by atoms with E-state index in [4.69, 9.17) is 0 Å². The molecule has 1 saturated heterocycles. The predicted molar refractivity (Wildman–Crippen MR) is 69.3 cm³/mol. The maximum absolute atomic E-state index is 2.68. The van der Waals surface area contributed by atoms with E-state index in [0.717, 1.165) is 24.5 Å². The van der Waals surface area contributed by atoms with Crippen molar-refractivity contribution in [2.45, 2.75) is 52.2 Å². The van der Waals surface area contributed by atoms with Crippen molar-refractivity contribution < 1.29 is 0 Å². The molecule has 1 nitrogen and oxygen atoms in total. The molecule has 0 bridgehead atoms. The van der Waals surface area contributed by atoms with Crippen LogP contribution in [-0.4, -0.2) is 17.0 Å². The lowest BCUT2D eigenvalue weighted by Gasteiger charge is -2.31. The smallest absolute Gasteiger partial charge is 0.0239 e. The van der Waals surface area contributed by atoms with Crippen molar-refractivity contribution >= 4 is 0 Å². The molecule has 0 aromatic heterocycles. The Bertz CT molecular complexity index is 317. The summed E-state index contributed by atoms with van der Waals surface area (Å²) in [6.07, 6.45) is 2.72. The van der Waals surface area contributed by atoms with Crippen molar-refractivity contribution in [1.29, 1.82) is 0 Å². The molecule has 2 atom stereocenters. The maximum Gasteiger partial charge on any atom is 0.0239 e. The quantitative estimate of drug-likeness (QED) is 0.746. The van der Waals surface area contributed by atoms with Crippen LogP contribution in [0.15, 0.2) is 30.3 Å². The lowest BCUT2D eigenvalue weighted by atomic mass is 10.0. The van der Waals surface area contributed by atoms with Crippen LogP contribution in [0, 0.1) is 5.92 Å². The first-order valence-electron chi connectivity index (χ1n) is 6.48. The van der Waals surface area contributed by atoms with Gasteiger partial charge in [-0.05, 0) is 31.2 Å². The van der Waals surface area contributed by atoms with Gasteiger partial charge in [-0.1, -0.05) is 44.2 Å². The zero-order chi connectivity index (χ0) is 11.5. The maximum atomic E-state index is 2.68. The molecule has 16 heavy (non-hydrogen) atoms. The molecule has 0 amide bonds. The molecule has 1 aliphatic rings. The van der Waals surface area contributed by atoms with Gasteiger partial charge in [0, 0.05) is 18.6 Å². The lowest BCUT2D eigenvalue weighted by Crippen LogP contribution is -2.37. The van der Waals surface area contributed by atoms with E-state index in [1.54, 1.807) is 0 Å². The normalized spacial score (nSPS) is 26.5. The summed E-state index contributed by atoms with van der Waals surface area (Å²) in [4.78, 5) is 2.68. The number of hydrogen-bond donors (Lipinski definition) is 0. The first kappa shape index (κ1) is 11.7. The van der Waals surface area contributed by atoms with Crippen LogP contribution < -0.4 is 0 Å². The molecule has 88 valence electrons. The third-order valence-electron chi connectivity index (χ3n) is 3.85. The van der Waals surface area contributed by atoms with Crippen molar-refractivity contribution in [2.75, 3.05) is 0 Å². The average molecular weight is 217 g/mol. The molecule has 1 heterocycles. The van der Waals surface area contributed by atoms with Gasteiger partial charge >= 0.3 is 0 Å². The van der Waals surface area contributed by atoms with Crippen LogP contribution in [0.1, 0.15) is 39.2 Å². The van der Waals surface area contributed by atoms with E-state index < -0.39 is 0 Å². The van der Waals surface area contributed by atoms with Gasteiger partial charge in [-0.15, -0.1) is 0 Å². The highest BCUT2D eigenvalue weighted by Crippen LogP contribution is 2.30. The number of likely N-dealkylation sites (tertiary alicyclic amines) is 1. The fourth-order valence-corrected chi connectivity index (χ4v) is 2.85. The summed E-state index contributed by atoms with van der Waals surface area (Å²) in [5.74, 6) is 0.772. The molecule has 0 spiro atoms. The molecule has 0 saturated carbocycles. The summed E-state index contributed by atoms with van der Waals surface area (Å²) in [5, 5.41) is 0. The minimum absolute atomic E-state index is 0.743. The zero-order valence-corrected chi connectivity index (χ0v) is 10.7. The fourth-order valence-electron chi connectivity index (χ4n) is 2.85. The number of benzene rings is 1. The monoisotopic (exact) mass is 217 g/mol. The molecular formula is C15H23N. The van der Waals surface area contributed by atoms with E-state index in [2.05, 4.69) is 56.0 Å². The molecule has 2 rings (SSSR count). The molecule has 0 aliphatic carbocycles. The average Bonchev–Trinajstić information content (AvgIpc) is 2.62. The molecule has 0 radical (unpaired) electrons. The summed E-state index contributed by atoms with van der Waals surface area (Å²) in [6, 6.07) is 12.4. The largest absolute Gasteiger partial charge is 0.293 e. The summed E-state index contributed by atoms with van der Waals surface area (Å²) >= 11 is 0. The molecular weight excluding hydrogens is 194 g/mol.